The summed E-state index contributed by atoms with van der Waals surface area (Å²) in [7, 11) is 0. The quantitative estimate of drug-likeness (QED) is 0.880. The molecule has 0 aliphatic heterocycles. The zero-order chi connectivity index (χ0) is 13.3. The molecule has 0 saturated heterocycles. The number of fused-ring (bicyclic) bond motifs is 1. The third-order valence-corrected chi connectivity index (χ3v) is 4.16. The molecule has 2 aromatic rings. The molecule has 0 bridgehead atoms. The molecular weight excluding hydrogens is 287 g/mol. The maximum absolute atomic E-state index is 12.5. The minimum absolute atomic E-state index is 0.161. The van der Waals surface area contributed by atoms with Gasteiger partial charge in [0.25, 0.3) is 0 Å². The number of rotatable bonds is 3. The van der Waals surface area contributed by atoms with E-state index in [0.717, 1.165) is 35.2 Å². The largest absolute Gasteiger partial charge is 0.481 e. The number of aliphatic carboxylic acids is 1. The normalized spacial score (nSPS) is 11.9. The number of thiazole rings is 1. The van der Waals surface area contributed by atoms with Crippen molar-refractivity contribution in [3.63, 3.8) is 0 Å². The second-order valence-electron chi connectivity index (χ2n) is 3.34. The highest BCUT2D eigenvalue weighted by molar-refractivity contribution is 8.01. The fourth-order valence-corrected chi connectivity index (χ4v) is 3.09. The summed E-state index contributed by atoms with van der Waals surface area (Å²) in [6.07, 6.45) is -4.38. The number of benzene rings is 1. The van der Waals surface area contributed by atoms with Crippen molar-refractivity contribution in [3.05, 3.63) is 23.8 Å². The van der Waals surface area contributed by atoms with Crippen LogP contribution in [-0.4, -0.2) is 21.8 Å². The van der Waals surface area contributed by atoms with Gasteiger partial charge in [-0.05, 0) is 18.2 Å². The Morgan fingerprint density at radius 1 is 1.44 bits per heavy atom. The average molecular weight is 293 g/mol. The maximum Gasteiger partial charge on any atom is 0.416 e. The van der Waals surface area contributed by atoms with Gasteiger partial charge in [-0.25, -0.2) is 4.98 Å². The van der Waals surface area contributed by atoms with Gasteiger partial charge < -0.3 is 5.11 Å². The maximum atomic E-state index is 12.5. The van der Waals surface area contributed by atoms with Gasteiger partial charge in [-0.15, -0.1) is 11.3 Å². The number of aromatic nitrogens is 1. The highest BCUT2D eigenvalue weighted by Gasteiger charge is 2.30. The van der Waals surface area contributed by atoms with Gasteiger partial charge in [0.05, 0.1) is 21.5 Å². The van der Waals surface area contributed by atoms with Crippen LogP contribution in [0.1, 0.15) is 5.56 Å². The fraction of sp³-hybridized carbons (Fsp3) is 0.200. The van der Waals surface area contributed by atoms with Crippen LogP contribution in [0, 0.1) is 0 Å². The van der Waals surface area contributed by atoms with Gasteiger partial charge in [0.15, 0.2) is 4.34 Å². The lowest BCUT2D eigenvalue weighted by Gasteiger charge is -2.04. The second-order valence-corrected chi connectivity index (χ2v) is 5.60. The summed E-state index contributed by atoms with van der Waals surface area (Å²) >= 11 is 2.05. The monoisotopic (exact) mass is 293 g/mol. The number of carboxylic acid groups (broad SMARTS) is 1. The number of carbonyl (C=O) groups is 1. The lowest BCUT2D eigenvalue weighted by Crippen LogP contribution is -2.03. The molecule has 18 heavy (non-hydrogen) atoms. The first-order chi connectivity index (χ1) is 8.36. The minimum atomic E-state index is -4.38. The van der Waals surface area contributed by atoms with E-state index >= 15 is 0 Å². The van der Waals surface area contributed by atoms with Gasteiger partial charge in [-0.2, -0.15) is 13.2 Å². The molecule has 0 spiro atoms. The Morgan fingerprint density at radius 2 is 2.17 bits per heavy atom. The molecule has 1 heterocycles. The van der Waals surface area contributed by atoms with Gasteiger partial charge in [-0.1, -0.05) is 11.8 Å². The molecule has 0 radical (unpaired) electrons. The number of nitrogens with zero attached hydrogens (tertiary/aromatic N) is 1. The number of alkyl halides is 3. The standard InChI is InChI=1S/C10H6F3NO2S2/c11-10(12,13)5-1-2-6-7(3-5)18-9(14-6)17-4-8(15)16/h1-3H,4H2,(H,15,16). The van der Waals surface area contributed by atoms with E-state index < -0.39 is 17.7 Å². The molecule has 1 N–H and O–H groups in total. The molecule has 1 aromatic heterocycles. The summed E-state index contributed by atoms with van der Waals surface area (Å²) < 4.78 is 38.3. The molecule has 0 fully saturated rings. The van der Waals surface area contributed by atoms with Crippen LogP contribution in [0.3, 0.4) is 0 Å². The van der Waals surface area contributed by atoms with Gasteiger partial charge in [-0.3, -0.25) is 4.79 Å². The van der Waals surface area contributed by atoms with Gasteiger partial charge in [0.2, 0.25) is 0 Å². The Bertz CT molecular complexity index is 594. The third kappa shape index (κ3) is 2.94. The van der Waals surface area contributed by atoms with Crippen molar-refractivity contribution in [1.29, 1.82) is 0 Å². The minimum Gasteiger partial charge on any atom is -0.481 e. The van der Waals surface area contributed by atoms with E-state index in [9.17, 15) is 18.0 Å². The number of hydrogen-bond acceptors (Lipinski definition) is 4. The van der Waals surface area contributed by atoms with E-state index in [1.165, 1.54) is 6.07 Å². The van der Waals surface area contributed by atoms with E-state index in [4.69, 9.17) is 5.11 Å². The predicted molar refractivity (Wildman–Crippen MR) is 63.0 cm³/mol. The number of halogens is 3. The molecule has 0 saturated carbocycles. The van der Waals surface area contributed by atoms with E-state index in [0.29, 0.717) is 14.6 Å². The summed E-state index contributed by atoms with van der Waals surface area (Å²) in [5, 5.41) is 8.51. The molecule has 2 rings (SSSR count). The number of thioether (sulfide) groups is 1. The number of hydrogen-bond donors (Lipinski definition) is 1. The van der Waals surface area contributed by atoms with Crippen LogP contribution < -0.4 is 0 Å². The van der Waals surface area contributed by atoms with Crippen LogP contribution >= 0.6 is 23.1 Å². The Kier molecular flexibility index (Phi) is 3.49. The van der Waals surface area contributed by atoms with Crippen LogP contribution in [0.15, 0.2) is 22.5 Å². The molecule has 96 valence electrons. The van der Waals surface area contributed by atoms with Crippen LogP contribution in [0.25, 0.3) is 10.2 Å². The van der Waals surface area contributed by atoms with Crippen molar-refractivity contribution in [2.24, 2.45) is 0 Å². The Morgan fingerprint density at radius 3 is 2.78 bits per heavy atom. The zero-order valence-corrected chi connectivity index (χ0v) is 10.3. The van der Waals surface area contributed by atoms with Gasteiger partial charge >= 0.3 is 12.1 Å². The SMILES string of the molecule is O=C(O)CSc1nc2ccc(C(F)(F)F)cc2s1. The van der Waals surface area contributed by atoms with E-state index in [1.54, 1.807) is 0 Å². The second kappa shape index (κ2) is 4.77. The zero-order valence-electron chi connectivity index (χ0n) is 8.69. The highest BCUT2D eigenvalue weighted by Crippen LogP contribution is 2.35. The van der Waals surface area contributed by atoms with Gasteiger partial charge in [0.1, 0.15) is 0 Å². The molecule has 3 nitrogen and oxygen atoms in total. The molecular formula is C10H6F3NO2S2. The van der Waals surface area contributed by atoms with Gasteiger partial charge in [0, 0.05) is 0 Å². The summed E-state index contributed by atoms with van der Waals surface area (Å²) in [6.45, 7) is 0. The smallest absolute Gasteiger partial charge is 0.416 e. The topological polar surface area (TPSA) is 50.2 Å². The molecule has 8 heteroatoms. The fourth-order valence-electron chi connectivity index (χ4n) is 1.27. The third-order valence-electron chi connectivity index (χ3n) is 2.02. The van der Waals surface area contributed by atoms with E-state index in [1.807, 2.05) is 0 Å². The lowest BCUT2D eigenvalue weighted by atomic mass is 10.2. The van der Waals surface area contributed by atoms with Crippen molar-refractivity contribution in [3.8, 4) is 0 Å². The number of carboxylic acids is 1. The molecule has 0 atom stereocenters. The Balaban J connectivity index is 2.31. The predicted octanol–water partition coefficient (Wildman–Crippen LogP) is 3.49. The molecule has 0 unspecified atom stereocenters. The molecule has 0 amide bonds. The van der Waals surface area contributed by atoms with Crippen molar-refractivity contribution in [1.82, 2.24) is 4.98 Å². The Hall–Kier alpha value is -1.28. The van der Waals surface area contributed by atoms with E-state index in [-0.39, 0.29) is 5.75 Å². The van der Waals surface area contributed by atoms with E-state index in [2.05, 4.69) is 4.98 Å². The highest BCUT2D eigenvalue weighted by atomic mass is 32.2. The van der Waals surface area contributed by atoms with Crippen LogP contribution in [0.4, 0.5) is 13.2 Å². The average Bonchev–Trinajstić information content (AvgIpc) is 2.66. The van der Waals surface area contributed by atoms with Crippen LogP contribution in [-0.2, 0) is 11.0 Å². The Labute approximate surface area is 108 Å². The van der Waals surface area contributed by atoms with Crippen molar-refractivity contribution in [2.75, 3.05) is 5.75 Å². The molecule has 1 aromatic carbocycles. The van der Waals surface area contributed by atoms with Crippen LogP contribution in [0.2, 0.25) is 0 Å². The molecule has 0 aliphatic carbocycles. The van der Waals surface area contributed by atoms with Crippen molar-refractivity contribution >= 4 is 39.3 Å². The first kappa shape index (κ1) is 13.2. The first-order valence-electron chi connectivity index (χ1n) is 4.68. The lowest BCUT2D eigenvalue weighted by molar-refractivity contribution is -0.137. The summed E-state index contributed by atoms with van der Waals surface area (Å²) in [5.74, 6) is -1.15. The molecule has 0 aliphatic rings. The van der Waals surface area contributed by atoms with Crippen LogP contribution in [0.5, 0.6) is 0 Å². The van der Waals surface area contributed by atoms with Crippen molar-refractivity contribution < 1.29 is 23.1 Å². The van der Waals surface area contributed by atoms with Crippen molar-refractivity contribution in [2.45, 2.75) is 10.5 Å². The summed E-state index contributed by atoms with van der Waals surface area (Å²) in [5.41, 5.74) is -0.283. The summed E-state index contributed by atoms with van der Waals surface area (Å²) in [6, 6.07) is 3.28. The summed E-state index contributed by atoms with van der Waals surface area (Å²) in [4.78, 5) is 14.4. The first-order valence-corrected chi connectivity index (χ1v) is 6.49.